The summed E-state index contributed by atoms with van der Waals surface area (Å²) < 4.78 is 10.4. The maximum atomic E-state index is 11.9. The fraction of sp³-hybridized carbons (Fsp3) is 0.200. The summed E-state index contributed by atoms with van der Waals surface area (Å²) in [5.74, 6) is 1.11. The number of benzene rings is 1. The van der Waals surface area contributed by atoms with Crippen LogP contribution in [0.15, 0.2) is 52.2 Å². The first-order valence-corrected chi connectivity index (χ1v) is 6.19. The Bertz CT molecular complexity index is 603. The second-order valence-corrected chi connectivity index (χ2v) is 4.20. The average molecular weight is 272 g/mol. The highest BCUT2D eigenvalue weighted by molar-refractivity contribution is 5.96. The molecule has 1 amide bonds. The number of methoxy groups -OCH3 is 1. The highest BCUT2D eigenvalue weighted by Crippen LogP contribution is 2.17. The summed E-state index contributed by atoms with van der Waals surface area (Å²) in [4.78, 5) is 11.9. The summed E-state index contributed by atoms with van der Waals surface area (Å²) in [5.41, 5.74) is 3.94. The fourth-order valence-electron chi connectivity index (χ4n) is 1.75. The highest BCUT2D eigenvalue weighted by Gasteiger charge is 2.08. The van der Waals surface area contributed by atoms with Crippen molar-refractivity contribution in [1.82, 2.24) is 5.43 Å². The zero-order valence-electron chi connectivity index (χ0n) is 11.4. The number of rotatable bonds is 5. The zero-order valence-corrected chi connectivity index (χ0v) is 11.4. The van der Waals surface area contributed by atoms with Crippen molar-refractivity contribution in [3.05, 3.63) is 54.0 Å². The molecular formula is C15H16N2O3. The van der Waals surface area contributed by atoms with Crippen LogP contribution in [0.2, 0.25) is 0 Å². The number of nitrogens with zero attached hydrogens (tertiary/aromatic N) is 1. The van der Waals surface area contributed by atoms with E-state index in [1.807, 2.05) is 24.3 Å². The van der Waals surface area contributed by atoms with Crippen molar-refractivity contribution in [2.24, 2.45) is 5.10 Å². The first-order valence-electron chi connectivity index (χ1n) is 6.19. The molecule has 1 N–H and O–H groups in total. The third kappa shape index (κ3) is 3.47. The lowest BCUT2D eigenvalue weighted by Crippen LogP contribution is -2.21. The number of carbonyl (C=O) groups excluding carboxylic acids is 1. The van der Waals surface area contributed by atoms with Gasteiger partial charge in [0.2, 0.25) is 5.91 Å². The van der Waals surface area contributed by atoms with Gasteiger partial charge in [0.25, 0.3) is 0 Å². The highest BCUT2D eigenvalue weighted by atomic mass is 16.5. The Balaban J connectivity index is 1.98. The van der Waals surface area contributed by atoms with Crippen LogP contribution in [-0.2, 0) is 11.2 Å². The maximum absolute atomic E-state index is 11.9. The van der Waals surface area contributed by atoms with Gasteiger partial charge in [0.15, 0.2) is 0 Å². The number of hydrogen-bond acceptors (Lipinski definition) is 4. The summed E-state index contributed by atoms with van der Waals surface area (Å²) in [5, 5.41) is 4.00. The number of hydrazone groups is 1. The fourth-order valence-corrected chi connectivity index (χ4v) is 1.75. The molecule has 0 aliphatic heterocycles. The first-order chi connectivity index (χ1) is 9.70. The van der Waals surface area contributed by atoms with E-state index in [2.05, 4.69) is 10.5 Å². The van der Waals surface area contributed by atoms with Crippen molar-refractivity contribution in [3.63, 3.8) is 0 Å². The van der Waals surface area contributed by atoms with Gasteiger partial charge in [-0.1, -0.05) is 18.2 Å². The molecule has 5 heteroatoms. The van der Waals surface area contributed by atoms with Gasteiger partial charge in [-0.25, -0.2) is 5.43 Å². The maximum Gasteiger partial charge on any atom is 0.244 e. The number of carbonyl (C=O) groups is 1. The third-order valence-corrected chi connectivity index (χ3v) is 2.77. The Hall–Kier alpha value is -2.56. The van der Waals surface area contributed by atoms with E-state index < -0.39 is 0 Å². The number of para-hydroxylation sites is 1. The van der Waals surface area contributed by atoms with Crippen LogP contribution < -0.4 is 10.2 Å². The van der Waals surface area contributed by atoms with E-state index in [0.717, 1.165) is 5.56 Å². The zero-order chi connectivity index (χ0) is 14.4. The van der Waals surface area contributed by atoms with Crippen molar-refractivity contribution in [1.29, 1.82) is 0 Å². The second-order valence-electron chi connectivity index (χ2n) is 4.20. The van der Waals surface area contributed by atoms with Crippen LogP contribution >= 0.6 is 0 Å². The molecular weight excluding hydrogens is 256 g/mol. The van der Waals surface area contributed by atoms with Crippen LogP contribution in [0.3, 0.4) is 0 Å². The van der Waals surface area contributed by atoms with Gasteiger partial charge < -0.3 is 9.15 Å². The predicted molar refractivity (Wildman–Crippen MR) is 75.8 cm³/mol. The van der Waals surface area contributed by atoms with E-state index >= 15 is 0 Å². The van der Waals surface area contributed by atoms with Gasteiger partial charge in [-0.05, 0) is 25.1 Å². The Morgan fingerprint density at radius 3 is 2.80 bits per heavy atom. The van der Waals surface area contributed by atoms with Crippen LogP contribution in [0.5, 0.6) is 5.75 Å². The summed E-state index contributed by atoms with van der Waals surface area (Å²) in [6.45, 7) is 1.77. The van der Waals surface area contributed by atoms with Gasteiger partial charge in [0, 0.05) is 5.56 Å². The van der Waals surface area contributed by atoms with Crippen molar-refractivity contribution in [3.8, 4) is 5.75 Å². The number of furan rings is 1. The lowest BCUT2D eigenvalue weighted by Gasteiger charge is -2.07. The molecule has 1 aromatic carbocycles. The number of amides is 1. The minimum atomic E-state index is -0.208. The van der Waals surface area contributed by atoms with Crippen LogP contribution in [0, 0.1) is 0 Å². The second kappa shape index (κ2) is 6.56. The lowest BCUT2D eigenvalue weighted by atomic mass is 10.1. The van der Waals surface area contributed by atoms with Crippen molar-refractivity contribution < 1.29 is 13.9 Å². The quantitative estimate of drug-likeness (QED) is 0.671. The van der Waals surface area contributed by atoms with Crippen LogP contribution in [-0.4, -0.2) is 18.7 Å². The third-order valence-electron chi connectivity index (χ3n) is 2.77. The molecule has 0 spiro atoms. The Labute approximate surface area is 117 Å². The normalized spacial score (nSPS) is 11.2. The van der Waals surface area contributed by atoms with Crippen molar-refractivity contribution in [2.75, 3.05) is 7.11 Å². The van der Waals surface area contributed by atoms with Crippen LogP contribution in [0.4, 0.5) is 0 Å². The van der Waals surface area contributed by atoms with Gasteiger partial charge in [-0.2, -0.15) is 5.10 Å². The van der Waals surface area contributed by atoms with Crippen LogP contribution in [0.25, 0.3) is 0 Å². The number of nitrogens with one attached hydrogen (secondary N) is 1. The van der Waals surface area contributed by atoms with Crippen molar-refractivity contribution >= 4 is 11.6 Å². The molecule has 2 aromatic rings. The molecule has 0 radical (unpaired) electrons. The molecule has 0 saturated carbocycles. The van der Waals surface area contributed by atoms with Gasteiger partial charge in [-0.3, -0.25) is 4.79 Å². The molecule has 20 heavy (non-hydrogen) atoms. The average Bonchev–Trinajstić information content (AvgIpc) is 2.99. The topological polar surface area (TPSA) is 63.8 Å². The molecule has 0 fully saturated rings. The summed E-state index contributed by atoms with van der Waals surface area (Å²) in [6.07, 6.45) is 1.77. The summed E-state index contributed by atoms with van der Waals surface area (Å²) in [7, 11) is 1.58. The smallest absolute Gasteiger partial charge is 0.244 e. The standard InChI is InChI=1S/C15H16N2O3/c1-11(13-8-5-9-20-13)16-17-15(18)10-12-6-3-4-7-14(12)19-2/h3-9H,10H2,1-2H3,(H,17,18). The molecule has 1 heterocycles. The molecule has 104 valence electrons. The number of hydrogen-bond donors (Lipinski definition) is 1. The van der Waals surface area contributed by atoms with E-state index in [0.29, 0.717) is 17.2 Å². The Kier molecular flexibility index (Phi) is 4.55. The number of ether oxygens (including phenoxy) is 1. The van der Waals surface area contributed by atoms with E-state index in [1.165, 1.54) is 0 Å². The molecule has 0 saturated heterocycles. The predicted octanol–water partition coefficient (Wildman–Crippen LogP) is 2.37. The van der Waals surface area contributed by atoms with Gasteiger partial charge in [0.1, 0.15) is 17.2 Å². The largest absolute Gasteiger partial charge is 0.496 e. The minimum absolute atomic E-state index is 0.207. The molecule has 5 nitrogen and oxygen atoms in total. The molecule has 0 bridgehead atoms. The Morgan fingerprint density at radius 2 is 2.10 bits per heavy atom. The molecule has 0 aliphatic carbocycles. The Morgan fingerprint density at radius 1 is 1.30 bits per heavy atom. The van der Waals surface area contributed by atoms with E-state index in [1.54, 1.807) is 32.4 Å². The van der Waals surface area contributed by atoms with Crippen molar-refractivity contribution in [2.45, 2.75) is 13.3 Å². The molecule has 0 unspecified atom stereocenters. The molecule has 2 rings (SSSR count). The van der Waals surface area contributed by atoms with E-state index in [-0.39, 0.29) is 12.3 Å². The molecule has 1 aromatic heterocycles. The SMILES string of the molecule is COc1ccccc1CC(=O)NN=C(C)c1ccco1. The van der Waals surface area contributed by atoms with Gasteiger partial charge in [-0.15, -0.1) is 0 Å². The van der Waals surface area contributed by atoms with E-state index in [4.69, 9.17) is 9.15 Å². The van der Waals surface area contributed by atoms with E-state index in [9.17, 15) is 4.79 Å². The molecule has 0 aliphatic rings. The van der Waals surface area contributed by atoms with Gasteiger partial charge in [0.05, 0.1) is 19.8 Å². The summed E-state index contributed by atoms with van der Waals surface area (Å²) >= 11 is 0. The minimum Gasteiger partial charge on any atom is -0.496 e. The lowest BCUT2D eigenvalue weighted by molar-refractivity contribution is -0.120. The van der Waals surface area contributed by atoms with Gasteiger partial charge >= 0.3 is 0 Å². The summed E-state index contributed by atoms with van der Waals surface area (Å²) in [6, 6.07) is 10.9. The first kappa shape index (κ1) is 13.9. The molecule has 0 atom stereocenters. The monoisotopic (exact) mass is 272 g/mol. The van der Waals surface area contributed by atoms with Crippen LogP contribution in [0.1, 0.15) is 18.2 Å².